The van der Waals surface area contributed by atoms with Gasteiger partial charge >= 0.3 is 0 Å². The lowest BCUT2D eigenvalue weighted by atomic mass is 10.1. The van der Waals surface area contributed by atoms with Crippen molar-refractivity contribution in [3.8, 4) is 0 Å². The van der Waals surface area contributed by atoms with Gasteiger partial charge in [-0.15, -0.1) is 0 Å². The number of carbonyl (C=O) groups is 1. The summed E-state index contributed by atoms with van der Waals surface area (Å²) in [5.41, 5.74) is 6.44. The molecule has 1 aromatic rings. The lowest BCUT2D eigenvalue weighted by Crippen LogP contribution is -2.30. The fraction of sp³-hybridized carbons (Fsp3) is 0.625. The molecule has 1 atom stereocenters. The van der Waals surface area contributed by atoms with Crippen LogP contribution in [0.5, 0.6) is 0 Å². The second-order valence-corrected chi connectivity index (χ2v) is 5.87. The molecule has 116 valence electrons. The van der Waals surface area contributed by atoms with Gasteiger partial charge in [-0.1, -0.05) is 0 Å². The van der Waals surface area contributed by atoms with Crippen molar-refractivity contribution in [2.24, 2.45) is 5.73 Å². The zero-order valence-corrected chi connectivity index (χ0v) is 12.8. The molecular weight excluding hydrogens is 264 g/mol. The maximum Gasteiger partial charge on any atom is 0.224 e. The molecule has 0 saturated carbocycles. The van der Waals surface area contributed by atoms with E-state index in [0.29, 0.717) is 6.42 Å². The minimum absolute atomic E-state index is 0.0307. The molecule has 1 fully saturated rings. The molecule has 0 spiro atoms. The number of nitrogens with zero attached hydrogens (tertiary/aromatic N) is 2. The van der Waals surface area contributed by atoms with Crippen molar-refractivity contribution >= 4 is 17.4 Å². The van der Waals surface area contributed by atoms with Crippen LogP contribution in [0.15, 0.2) is 18.3 Å². The van der Waals surface area contributed by atoms with Crippen LogP contribution >= 0.6 is 0 Å². The van der Waals surface area contributed by atoms with Crippen LogP contribution < -0.4 is 16.0 Å². The van der Waals surface area contributed by atoms with Gasteiger partial charge in [0.05, 0.1) is 11.9 Å². The van der Waals surface area contributed by atoms with Crippen LogP contribution in [0.4, 0.5) is 11.5 Å². The van der Waals surface area contributed by atoms with E-state index >= 15 is 0 Å². The minimum atomic E-state index is 0.0307. The number of amides is 1. The summed E-state index contributed by atoms with van der Waals surface area (Å²) in [6, 6.07) is 4.08. The third-order valence-electron chi connectivity index (χ3n) is 3.77. The predicted octanol–water partition coefficient (Wildman–Crippen LogP) is 2.53. The fourth-order valence-electron chi connectivity index (χ4n) is 2.58. The zero-order valence-electron chi connectivity index (χ0n) is 12.8. The fourth-order valence-corrected chi connectivity index (χ4v) is 2.58. The van der Waals surface area contributed by atoms with Gasteiger partial charge in [0, 0.05) is 25.6 Å². The first-order chi connectivity index (χ1) is 10.1. The van der Waals surface area contributed by atoms with E-state index in [-0.39, 0.29) is 11.9 Å². The third kappa shape index (κ3) is 5.34. The number of hydrogen-bond donors (Lipinski definition) is 2. The highest BCUT2D eigenvalue weighted by atomic mass is 16.1. The maximum atomic E-state index is 11.8. The summed E-state index contributed by atoms with van der Waals surface area (Å²) >= 11 is 0. The largest absolute Gasteiger partial charge is 0.357 e. The molecule has 1 aromatic heterocycles. The van der Waals surface area contributed by atoms with Gasteiger partial charge in [-0.25, -0.2) is 4.98 Å². The predicted molar refractivity (Wildman–Crippen MR) is 86.4 cm³/mol. The number of nitrogens with two attached hydrogens (primary N) is 1. The molecule has 1 saturated heterocycles. The van der Waals surface area contributed by atoms with Gasteiger partial charge < -0.3 is 16.0 Å². The minimum Gasteiger partial charge on any atom is -0.357 e. The summed E-state index contributed by atoms with van der Waals surface area (Å²) < 4.78 is 0. The summed E-state index contributed by atoms with van der Waals surface area (Å²) in [4.78, 5) is 18.5. The molecule has 2 heterocycles. The molecule has 0 aliphatic carbocycles. The van der Waals surface area contributed by atoms with Crippen LogP contribution in [0, 0.1) is 0 Å². The van der Waals surface area contributed by atoms with Gasteiger partial charge in [-0.3, -0.25) is 4.79 Å². The van der Waals surface area contributed by atoms with E-state index in [1.54, 1.807) is 6.20 Å². The van der Waals surface area contributed by atoms with E-state index < -0.39 is 0 Å². The van der Waals surface area contributed by atoms with Gasteiger partial charge in [0.25, 0.3) is 0 Å². The number of rotatable bonds is 6. The molecule has 0 aromatic carbocycles. The SMILES string of the molecule is CC(N)CCCC(=O)Nc1ccc(N2CCCCC2)nc1. The van der Waals surface area contributed by atoms with Gasteiger partial charge in [0.15, 0.2) is 0 Å². The molecular formula is C16H26N4O. The Hall–Kier alpha value is -1.62. The van der Waals surface area contributed by atoms with Crippen molar-refractivity contribution in [3.63, 3.8) is 0 Å². The van der Waals surface area contributed by atoms with Crippen LogP contribution in [0.2, 0.25) is 0 Å². The second kappa shape index (κ2) is 7.98. The summed E-state index contributed by atoms with van der Waals surface area (Å²) in [5.74, 6) is 1.04. The standard InChI is InChI=1S/C16H26N4O/c1-13(17)6-5-7-16(21)19-14-8-9-15(18-12-14)20-10-3-2-4-11-20/h8-9,12-13H,2-7,10-11,17H2,1H3,(H,19,21). The molecule has 1 amide bonds. The molecule has 5 nitrogen and oxygen atoms in total. The second-order valence-electron chi connectivity index (χ2n) is 5.87. The Kier molecular flexibility index (Phi) is 5.99. The number of aromatic nitrogens is 1. The van der Waals surface area contributed by atoms with Gasteiger partial charge in [-0.2, -0.15) is 0 Å². The number of carbonyl (C=O) groups excluding carboxylic acids is 1. The number of hydrogen-bond acceptors (Lipinski definition) is 4. The van der Waals surface area contributed by atoms with E-state index in [2.05, 4.69) is 15.2 Å². The first-order valence-electron chi connectivity index (χ1n) is 7.91. The average molecular weight is 290 g/mol. The summed E-state index contributed by atoms with van der Waals surface area (Å²) in [6.45, 7) is 4.12. The van der Waals surface area contributed by atoms with E-state index in [1.807, 2.05) is 19.1 Å². The molecule has 2 rings (SSSR count). The Morgan fingerprint density at radius 2 is 2.14 bits per heavy atom. The Balaban J connectivity index is 1.80. The van der Waals surface area contributed by atoms with Crippen molar-refractivity contribution in [2.75, 3.05) is 23.3 Å². The third-order valence-corrected chi connectivity index (χ3v) is 3.77. The van der Waals surface area contributed by atoms with Gasteiger partial charge in [-0.05, 0) is 51.2 Å². The zero-order chi connectivity index (χ0) is 15.1. The van der Waals surface area contributed by atoms with Crippen LogP contribution in [0.25, 0.3) is 0 Å². The quantitative estimate of drug-likeness (QED) is 0.844. The monoisotopic (exact) mass is 290 g/mol. The van der Waals surface area contributed by atoms with Gasteiger partial charge in [0.2, 0.25) is 5.91 Å². The topological polar surface area (TPSA) is 71.2 Å². The summed E-state index contributed by atoms with van der Waals surface area (Å²) in [6.07, 6.45) is 7.73. The molecule has 0 radical (unpaired) electrons. The Labute approximate surface area is 126 Å². The van der Waals surface area contributed by atoms with Crippen LogP contribution in [0.1, 0.15) is 45.4 Å². The average Bonchev–Trinajstić information content (AvgIpc) is 2.48. The Morgan fingerprint density at radius 3 is 2.76 bits per heavy atom. The molecule has 1 aliphatic rings. The lowest BCUT2D eigenvalue weighted by Gasteiger charge is -2.27. The van der Waals surface area contributed by atoms with Crippen molar-refractivity contribution in [2.45, 2.75) is 51.5 Å². The highest BCUT2D eigenvalue weighted by Gasteiger charge is 2.12. The lowest BCUT2D eigenvalue weighted by molar-refractivity contribution is -0.116. The van der Waals surface area contributed by atoms with Crippen molar-refractivity contribution in [3.05, 3.63) is 18.3 Å². The van der Waals surface area contributed by atoms with E-state index in [9.17, 15) is 4.79 Å². The van der Waals surface area contributed by atoms with Crippen molar-refractivity contribution in [1.29, 1.82) is 0 Å². The van der Waals surface area contributed by atoms with Gasteiger partial charge in [0.1, 0.15) is 5.82 Å². The number of nitrogens with one attached hydrogen (secondary N) is 1. The molecule has 0 bridgehead atoms. The molecule has 1 unspecified atom stereocenters. The summed E-state index contributed by atoms with van der Waals surface area (Å²) in [5, 5.41) is 2.89. The smallest absolute Gasteiger partial charge is 0.224 e. The normalized spacial score (nSPS) is 16.6. The summed E-state index contributed by atoms with van der Waals surface area (Å²) in [7, 11) is 0. The highest BCUT2D eigenvalue weighted by molar-refractivity contribution is 5.90. The number of pyridine rings is 1. The molecule has 1 aliphatic heterocycles. The maximum absolute atomic E-state index is 11.8. The first-order valence-corrected chi connectivity index (χ1v) is 7.91. The molecule has 5 heteroatoms. The van der Waals surface area contributed by atoms with Crippen molar-refractivity contribution < 1.29 is 4.79 Å². The Morgan fingerprint density at radius 1 is 1.38 bits per heavy atom. The molecule has 3 N–H and O–H groups in total. The number of piperidine rings is 1. The number of anilines is 2. The highest BCUT2D eigenvalue weighted by Crippen LogP contribution is 2.19. The van der Waals surface area contributed by atoms with Crippen LogP contribution in [-0.4, -0.2) is 30.0 Å². The van der Waals surface area contributed by atoms with Crippen LogP contribution in [-0.2, 0) is 4.79 Å². The first kappa shape index (κ1) is 15.8. The van der Waals surface area contributed by atoms with Crippen LogP contribution in [0.3, 0.4) is 0 Å². The van der Waals surface area contributed by atoms with E-state index in [4.69, 9.17) is 5.73 Å². The van der Waals surface area contributed by atoms with E-state index in [1.165, 1.54) is 19.3 Å². The molecule has 21 heavy (non-hydrogen) atoms. The van der Waals surface area contributed by atoms with Crippen molar-refractivity contribution in [1.82, 2.24) is 4.98 Å². The Bertz CT molecular complexity index is 438. The van der Waals surface area contributed by atoms with E-state index in [0.717, 1.165) is 37.4 Å².